The first-order chi connectivity index (χ1) is 16.0. The Morgan fingerprint density at radius 1 is 1.03 bits per heavy atom. The highest BCUT2D eigenvalue weighted by Gasteiger charge is 2.24. The van der Waals surface area contributed by atoms with Crippen molar-refractivity contribution in [2.24, 2.45) is 5.92 Å². The number of benzene rings is 2. The monoisotopic (exact) mass is 444 g/mol. The quantitative estimate of drug-likeness (QED) is 0.479. The third-order valence-electron chi connectivity index (χ3n) is 6.61. The molecule has 3 aromatic rings. The van der Waals surface area contributed by atoms with Crippen LogP contribution in [0.1, 0.15) is 65.9 Å². The lowest BCUT2D eigenvalue weighted by Gasteiger charge is -2.29. The molecule has 172 valence electrons. The van der Waals surface area contributed by atoms with Crippen LogP contribution in [0.15, 0.2) is 60.7 Å². The molecular formula is C28H32N2O3. The molecule has 1 aliphatic rings. The van der Waals surface area contributed by atoms with Crippen LogP contribution >= 0.6 is 0 Å². The van der Waals surface area contributed by atoms with E-state index in [4.69, 9.17) is 4.74 Å². The number of esters is 1. The number of ether oxygens (including phenoxy) is 1. The van der Waals surface area contributed by atoms with E-state index < -0.39 is 0 Å². The van der Waals surface area contributed by atoms with Gasteiger partial charge in [0.05, 0.1) is 17.9 Å². The van der Waals surface area contributed by atoms with Gasteiger partial charge < -0.3 is 14.6 Å². The summed E-state index contributed by atoms with van der Waals surface area (Å²) in [7, 11) is 0. The maximum atomic E-state index is 13.1. The van der Waals surface area contributed by atoms with Crippen LogP contribution in [0.5, 0.6) is 0 Å². The van der Waals surface area contributed by atoms with Crippen LogP contribution in [0, 0.1) is 12.8 Å². The Labute approximate surface area is 195 Å². The van der Waals surface area contributed by atoms with E-state index in [0.717, 1.165) is 41.9 Å². The van der Waals surface area contributed by atoms with Gasteiger partial charge in [0.1, 0.15) is 0 Å². The van der Waals surface area contributed by atoms with Gasteiger partial charge in [0.2, 0.25) is 0 Å². The van der Waals surface area contributed by atoms with E-state index in [1.165, 1.54) is 6.42 Å². The summed E-state index contributed by atoms with van der Waals surface area (Å²) < 4.78 is 7.32. The molecule has 0 unspecified atom stereocenters. The van der Waals surface area contributed by atoms with E-state index in [-0.39, 0.29) is 17.9 Å². The number of carbonyl (C=O) groups is 2. The molecule has 2 aromatic carbocycles. The van der Waals surface area contributed by atoms with Gasteiger partial charge in [-0.15, -0.1) is 0 Å². The summed E-state index contributed by atoms with van der Waals surface area (Å²) in [6, 6.07) is 19.6. The first-order valence-electron chi connectivity index (χ1n) is 11.9. The standard InChI is InChI=1S/C28H32N2O3/c1-4-33-28(32)24-18-26(21-12-6-5-7-13-21)30(20(24)3)23-15-10-14-22(17-23)27(31)29-25-16-9-8-11-19(25)2/h5-7,10,12-15,17-19,25H,4,8-9,11,16H2,1-3H3,(H,29,31)/t19-,25+/m1/s1. The average Bonchev–Trinajstić information content (AvgIpc) is 3.18. The zero-order chi connectivity index (χ0) is 23.4. The molecule has 1 aromatic heterocycles. The Balaban J connectivity index is 1.72. The van der Waals surface area contributed by atoms with Crippen molar-refractivity contribution in [1.29, 1.82) is 0 Å². The zero-order valence-electron chi connectivity index (χ0n) is 19.6. The van der Waals surface area contributed by atoms with Crippen molar-refractivity contribution in [1.82, 2.24) is 9.88 Å². The van der Waals surface area contributed by atoms with Crippen LogP contribution < -0.4 is 5.32 Å². The van der Waals surface area contributed by atoms with Crippen molar-refractivity contribution in [2.75, 3.05) is 6.61 Å². The van der Waals surface area contributed by atoms with Gasteiger partial charge in [-0.1, -0.05) is 56.2 Å². The molecule has 2 atom stereocenters. The fourth-order valence-corrected chi connectivity index (χ4v) is 4.75. The molecule has 4 rings (SSSR count). The number of aromatic nitrogens is 1. The molecule has 5 heteroatoms. The molecule has 1 fully saturated rings. The molecule has 5 nitrogen and oxygen atoms in total. The number of nitrogens with zero attached hydrogens (tertiary/aromatic N) is 1. The van der Waals surface area contributed by atoms with Crippen LogP contribution in [-0.2, 0) is 4.74 Å². The van der Waals surface area contributed by atoms with Crippen molar-refractivity contribution < 1.29 is 14.3 Å². The van der Waals surface area contributed by atoms with E-state index >= 15 is 0 Å². The first-order valence-corrected chi connectivity index (χ1v) is 11.9. The predicted molar refractivity (Wildman–Crippen MR) is 131 cm³/mol. The summed E-state index contributed by atoms with van der Waals surface area (Å²) in [5.41, 5.74) is 4.64. The summed E-state index contributed by atoms with van der Waals surface area (Å²) in [6.45, 7) is 6.25. The number of amides is 1. The van der Waals surface area contributed by atoms with Crippen LogP contribution in [-0.4, -0.2) is 29.1 Å². The van der Waals surface area contributed by atoms with Crippen LogP contribution in [0.25, 0.3) is 16.9 Å². The lowest BCUT2D eigenvalue weighted by Crippen LogP contribution is -2.41. The second-order valence-electron chi connectivity index (χ2n) is 8.84. The number of hydrogen-bond donors (Lipinski definition) is 1. The second-order valence-corrected chi connectivity index (χ2v) is 8.84. The second kappa shape index (κ2) is 10.1. The summed E-state index contributed by atoms with van der Waals surface area (Å²) in [6.07, 6.45) is 4.59. The van der Waals surface area contributed by atoms with Crippen LogP contribution in [0.3, 0.4) is 0 Å². The van der Waals surface area contributed by atoms with Crippen molar-refractivity contribution in [3.63, 3.8) is 0 Å². The summed E-state index contributed by atoms with van der Waals surface area (Å²) in [5.74, 6) is 0.104. The number of rotatable bonds is 6. The molecule has 1 saturated carbocycles. The van der Waals surface area contributed by atoms with Gasteiger partial charge in [-0.25, -0.2) is 4.79 Å². The number of carbonyl (C=O) groups excluding carboxylic acids is 2. The Morgan fingerprint density at radius 2 is 1.79 bits per heavy atom. The van der Waals surface area contributed by atoms with Gasteiger partial charge in [-0.3, -0.25) is 4.79 Å². The first kappa shape index (κ1) is 22.8. The van der Waals surface area contributed by atoms with Crippen LogP contribution in [0.2, 0.25) is 0 Å². The molecule has 33 heavy (non-hydrogen) atoms. The zero-order valence-corrected chi connectivity index (χ0v) is 19.6. The number of nitrogens with one attached hydrogen (secondary N) is 1. The fourth-order valence-electron chi connectivity index (χ4n) is 4.75. The molecule has 1 N–H and O–H groups in total. The molecule has 1 aliphatic carbocycles. The highest BCUT2D eigenvalue weighted by atomic mass is 16.5. The molecule has 1 heterocycles. The van der Waals surface area contributed by atoms with Gasteiger partial charge in [0.15, 0.2) is 0 Å². The van der Waals surface area contributed by atoms with Crippen LogP contribution in [0.4, 0.5) is 0 Å². The third kappa shape index (κ3) is 4.87. The highest BCUT2D eigenvalue weighted by molar-refractivity contribution is 5.95. The van der Waals surface area contributed by atoms with Crippen molar-refractivity contribution >= 4 is 11.9 Å². The van der Waals surface area contributed by atoms with Gasteiger partial charge in [0.25, 0.3) is 5.91 Å². The minimum atomic E-state index is -0.342. The molecule has 0 spiro atoms. The highest BCUT2D eigenvalue weighted by Crippen LogP contribution is 2.30. The maximum Gasteiger partial charge on any atom is 0.339 e. The molecule has 0 bridgehead atoms. The van der Waals surface area contributed by atoms with E-state index in [0.29, 0.717) is 23.7 Å². The average molecular weight is 445 g/mol. The Hall–Kier alpha value is -3.34. The van der Waals surface area contributed by atoms with Crippen molar-refractivity contribution in [2.45, 2.75) is 52.5 Å². The van der Waals surface area contributed by atoms with E-state index in [1.807, 2.05) is 72.2 Å². The smallest absolute Gasteiger partial charge is 0.339 e. The van der Waals surface area contributed by atoms with Gasteiger partial charge in [-0.05, 0) is 62.4 Å². The molecule has 0 radical (unpaired) electrons. The molecular weight excluding hydrogens is 412 g/mol. The minimum absolute atomic E-state index is 0.0488. The van der Waals surface area contributed by atoms with E-state index in [9.17, 15) is 9.59 Å². The normalized spacial score (nSPS) is 18.0. The SMILES string of the molecule is CCOC(=O)c1cc(-c2ccccc2)n(-c2cccc(C(=O)N[C@H]3CCCC[C@H]3C)c2)c1C. The third-order valence-corrected chi connectivity index (χ3v) is 6.61. The largest absolute Gasteiger partial charge is 0.462 e. The molecule has 0 aliphatic heterocycles. The van der Waals surface area contributed by atoms with Gasteiger partial charge in [-0.2, -0.15) is 0 Å². The Kier molecular flexibility index (Phi) is 6.97. The lowest BCUT2D eigenvalue weighted by atomic mass is 9.86. The van der Waals surface area contributed by atoms with Gasteiger partial charge in [0, 0.05) is 23.0 Å². The Bertz CT molecular complexity index is 1130. The van der Waals surface area contributed by atoms with Crippen molar-refractivity contribution in [3.8, 4) is 16.9 Å². The summed E-state index contributed by atoms with van der Waals surface area (Å²) in [4.78, 5) is 25.7. The summed E-state index contributed by atoms with van der Waals surface area (Å²) >= 11 is 0. The predicted octanol–water partition coefficient (Wildman–Crippen LogP) is 5.94. The van der Waals surface area contributed by atoms with E-state index in [2.05, 4.69) is 12.2 Å². The maximum absolute atomic E-state index is 13.1. The minimum Gasteiger partial charge on any atom is -0.462 e. The fraction of sp³-hybridized carbons (Fsp3) is 0.357. The topological polar surface area (TPSA) is 60.3 Å². The number of hydrogen-bond acceptors (Lipinski definition) is 3. The summed E-state index contributed by atoms with van der Waals surface area (Å²) in [5, 5.41) is 3.24. The van der Waals surface area contributed by atoms with E-state index in [1.54, 1.807) is 6.92 Å². The Morgan fingerprint density at radius 3 is 2.52 bits per heavy atom. The van der Waals surface area contributed by atoms with Gasteiger partial charge >= 0.3 is 5.97 Å². The molecule has 0 saturated heterocycles. The molecule has 1 amide bonds. The van der Waals surface area contributed by atoms with Crippen molar-refractivity contribution in [3.05, 3.63) is 77.5 Å². The lowest BCUT2D eigenvalue weighted by molar-refractivity contribution is 0.0525.